The first kappa shape index (κ1) is 12.9. The molecular formula is C17H13ClO2. The zero-order valence-electron chi connectivity index (χ0n) is 10.8. The maximum absolute atomic E-state index is 11.9. The molecule has 0 saturated carbocycles. The Bertz CT molecular complexity index is 644. The van der Waals surface area contributed by atoms with Crippen molar-refractivity contribution in [3.63, 3.8) is 0 Å². The molecule has 100 valence electrons. The van der Waals surface area contributed by atoms with Crippen molar-refractivity contribution in [2.45, 2.75) is 12.5 Å². The summed E-state index contributed by atoms with van der Waals surface area (Å²) in [6.07, 6.45) is 1.68. The van der Waals surface area contributed by atoms with Crippen molar-refractivity contribution in [2.24, 2.45) is 0 Å². The molecule has 3 heteroatoms. The van der Waals surface area contributed by atoms with E-state index in [2.05, 4.69) is 0 Å². The summed E-state index contributed by atoms with van der Waals surface area (Å²) in [5, 5.41) is 0.676. The van der Waals surface area contributed by atoms with Crippen molar-refractivity contribution in [3.8, 4) is 0 Å². The summed E-state index contributed by atoms with van der Waals surface area (Å²) in [4.78, 5) is 11.9. The molecule has 1 aliphatic heterocycles. The lowest BCUT2D eigenvalue weighted by molar-refractivity contribution is -0.117. The van der Waals surface area contributed by atoms with Gasteiger partial charge >= 0.3 is 0 Å². The SMILES string of the molecule is O=C1C=C(c2ccccc2)OC(c2ccc(Cl)cc2)C1. The Morgan fingerprint density at radius 3 is 2.40 bits per heavy atom. The third-order valence-electron chi connectivity index (χ3n) is 3.25. The normalized spacial score (nSPS) is 18.4. The minimum atomic E-state index is -0.250. The van der Waals surface area contributed by atoms with Gasteiger partial charge in [0, 0.05) is 16.7 Å². The van der Waals surface area contributed by atoms with Gasteiger partial charge in [-0.05, 0) is 17.7 Å². The molecule has 0 aromatic heterocycles. The highest BCUT2D eigenvalue weighted by atomic mass is 35.5. The van der Waals surface area contributed by atoms with E-state index in [0.29, 0.717) is 17.2 Å². The highest BCUT2D eigenvalue weighted by molar-refractivity contribution is 6.30. The first-order valence-electron chi connectivity index (χ1n) is 6.44. The molecule has 3 rings (SSSR count). The summed E-state index contributed by atoms with van der Waals surface area (Å²) in [7, 11) is 0. The number of hydrogen-bond acceptors (Lipinski definition) is 2. The van der Waals surface area contributed by atoms with Crippen LogP contribution in [0.15, 0.2) is 60.7 Å². The standard InChI is InChI=1S/C17H13ClO2/c18-14-8-6-13(7-9-14)17-11-15(19)10-16(20-17)12-4-2-1-3-5-12/h1-10,17H,11H2. The van der Waals surface area contributed by atoms with Crippen molar-refractivity contribution in [1.82, 2.24) is 0 Å². The van der Waals surface area contributed by atoms with Gasteiger partial charge in [0.05, 0.1) is 6.42 Å². The highest BCUT2D eigenvalue weighted by Gasteiger charge is 2.24. The van der Waals surface area contributed by atoms with Gasteiger partial charge in [0.25, 0.3) is 0 Å². The minimum Gasteiger partial charge on any atom is -0.485 e. The summed E-state index contributed by atoms with van der Waals surface area (Å²) in [5.41, 5.74) is 1.88. The number of ketones is 1. The predicted molar refractivity (Wildman–Crippen MR) is 79.3 cm³/mol. The molecule has 1 heterocycles. The number of rotatable bonds is 2. The molecule has 1 atom stereocenters. The van der Waals surface area contributed by atoms with Crippen LogP contribution in [0.3, 0.4) is 0 Å². The van der Waals surface area contributed by atoms with Gasteiger partial charge in [0.15, 0.2) is 5.78 Å². The number of carbonyl (C=O) groups is 1. The van der Waals surface area contributed by atoms with Crippen LogP contribution in [0.1, 0.15) is 23.7 Å². The molecule has 0 N–H and O–H groups in total. The maximum atomic E-state index is 11.9. The summed E-state index contributed by atoms with van der Waals surface area (Å²) in [6, 6.07) is 17.1. The van der Waals surface area contributed by atoms with Gasteiger partial charge in [0.2, 0.25) is 0 Å². The Kier molecular flexibility index (Phi) is 3.57. The number of ether oxygens (including phenoxy) is 1. The molecule has 0 bridgehead atoms. The first-order chi connectivity index (χ1) is 9.72. The van der Waals surface area contributed by atoms with Gasteiger partial charge in [0.1, 0.15) is 11.9 Å². The maximum Gasteiger partial charge on any atom is 0.163 e. The summed E-state index contributed by atoms with van der Waals surface area (Å²) in [6.45, 7) is 0. The van der Waals surface area contributed by atoms with Crippen LogP contribution >= 0.6 is 11.6 Å². The van der Waals surface area contributed by atoms with Crippen molar-refractivity contribution < 1.29 is 9.53 Å². The van der Waals surface area contributed by atoms with E-state index in [1.54, 1.807) is 6.08 Å². The Hall–Kier alpha value is -2.06. The van der Waals surface area contributed by atoms with E-state index >= 15 is 0 Å². The zero-order valence-corrected chi connectivity index (χ0v) is 11.5. The third-order valence-corrected chi connectivity index (χ3v) is 3.50. The lowest BCUT2D eigenvalue weighted by Gasteiger charge is -2.24. The topological polar surface area (TPSA) is 26.3 Å². The average Bonchev–Trinajstić information content (AvgIpc) is 2.48. The second-order valence-corrected chi connectivity index (χ2v) is 5.14. The van der Waals surface area contributed by atoms with E-state index in [0.717, 1.165) is 11.1 Å². The molecule has 1 aliphatic rings. The second-order valence-electron chi connectivity index (χ2n) is 4.70. The van der Waals surface area contributed by atoms with Crippen LogP contribution in [0.25, 0.3) is 5.76 Å². The van der Waals surface area contributed by atoms with Gasteiger partial charge in [-0.15, -0.1) is 0 Å². The molecule has 1 unspecified atom stereocenters. The molecule has 0 fully saturated rings. The fourth-order valence-corrected chi connectivity index (χ4v) is 2.36. The Morgan fingerprint density at radius 2 is 1.70 bits per heavy atom. The molecule has 0 spiro atoms. The minimum absolute atomic E-state index is 0.0788. The number of allylic oxidation sites excluding steroid dienone is 1. The van der Waals surface area contributed by atoms with Crippen LogP contribution in [0.2, 0.25) is 5.02 Å². The average molecular weight is 285 g/mol. The Labute approximate surface area is 122 Å². The van der Waals surface area contributed by atoms with Crippen LogP contribution < -0.4 is 0 Å². The summed E-state index contributed by atoms with van der Waals surface area (Å²) in [5.74, 6) is 0.705. The Morgan fingerprint density at radius 1 is 1.00 bits per heavy atom. The van der Waals surface area contributed by atoms with Crippen LogP contribution in [-0.2, 0) is 9.53 Å². The number of carbonyl (C=O) groups excluding carboxylic acids is 1. The molecule has 0 radical (unpaired) electrons. The molecule has 20 heavy (non-hydrogen) atoms. The van der Waals surface area contributed by atoms with Gasteiger partial charge in [-0.25, -0.2) is 0 Å². The van der Waals surface area contributed by atoms with E-state index in [1.807, 2.05) is 54.6 Å². The van der Waals surface area contributed by atoms with E-state index in [1.165, 1.54) is 0 Å². The van der Waals surface area contributed by atoms with E-state index < -0.39 is 0 Å². The molecule has 2 aromatic rings. The lowest BCUT2D eigenvalue weighted by Crippen LogP contribution is -2.14. The van der Waals surface area contributed by atoms with Gasteiger partial charge in [-0.1, -0.05) is 54.1 Å². The van der Waals surface area contributed by atoms with Crippen LogP contribution in [-0.4, -0.2) is 5.78 Å². The van der Waals surface area contributed by atoms with Gasteiger partial charge < -0.3 is 4.74 Å². The monoisotopic (exact) mass is 284 g/mol. The number of halogens is 1. The Balaban J connectivity index is 1.89. The summed E-state index contributed by atoms with van der Waals surface area (Å²) < 4.78 is 5.97. The molecular weight excluding hydrogens is 272 g/mol. The molecule has 0 saturated heterocycles. The van der Waals surface area contributed by atoms with Crippen molar-refractivity contribution >= 4 is 23.1 Å². The van der Waals surface area contributed by atoms with Crippen LogP contribution in [0.4, 0.5) is 0 Å². The third kappa shape index (κ3) is 2.75. The fraction of sp³-hybridized carbons (Fsp3) is 0.118. The summed E-state index contributed by atoms with van der Waals surface area (Å²) >= 11 is 5.88. The van der Waals surface area contributed by atoms with Crippen molar-refractivity contribution in [3.05, 3.63) is 76.8 Å². The van der Waals surface area contributed by atoms with Gasteiger partial charge in [-0.2, -0.15) is 0 Å². The van der Waals surface area contributed by atoms with Crippen LogP contribution in [0.5, 0.6) is 0 Å². The molecule has 2 aromatic carbocycles. The molecule has 0 aliphatic carbocycles. The highest BCUT2D eigenvalue weighted by Crippen LogP contribution is 2.33. The van der Waals surface area contributed by atoms with E-state index in [-0.39, 0.29) is 11.9 Å². The van der Waals surface area contributed by atoms with E-state index in [4.69, 9.17) is 16.3 Å². The van der Waals surface area contributed by atoms with Crippen LogP contribution in [0, 0.1) is 0 Å². The number of benzene rings is 2. The van der Waals surface area contributed by atoms with E-state index in [9.17, 15) is 4.79 Å². The molecule has 2 nitrogen and oxygen atoms in total. The quantitative estimate of drug-likeness (QED) is 0.816. The van der Waals surface area contributed by atoms with Crippen molar-refractivity contribution in [1.29, 1.82) is 0 Å². The lowest BCUT2D eigenvalue weighted by atomic mass is 10.00. The zero-order chi connectivity index (χ0) is 13.9. The fourth-order valence-electron chi connectivity index (χ4n) is 2.23. The van der Waals surface area contributed by atoms with Crippen molar-refractivity contribution in [2.75, 3.05) is 0 Å². The second kappa shape index (κ2) is 5.51. The molecule has 0 amide bonds. The predicted octanol–water partition coefficient (Wildman–Crippen LogP) is 4.41. The van der Waals surface area contributed by atoms with Gasteiger partial charge in [-0.3, -0.25) is 4.79 Å². The largest absolute Gasteiger partial charge is 0.485 e. The number of hydrogen-bond donors (Lipinski definition) is 0. The smallest absolute Gasteiger partial charge is 0.163 e. The first-order valence-corrected chi connectivity index (χ1v) is 6.82.